The highest BCUT2D eigenvalue weighted by Gasteiger charge is 2.35. The van der Waals surface area contributed by atoms with Crippen LogP contribution in [0.1, 0.15) is 32.6 Å². The highest BCUT2D eigenvalue weighted by Crippen LogP contribution is 2.35. The van der Waals surface area contributed by atoms with Crippen LogP contribution >= 0.6 is 24.0 Å². The SMILES string of the molecule is CCOCCNC(=NC)N1CC2CCCCC2C1.I. The molecule has 0 bridgehead atoms. The molecule has 2 aliphatic rings. The molecule has 5 heteroatoms. The molecule has 1 heterocycles. The van der Waals surface area contributed by atoms with Crippen molar-refractivity contribution in [3.63, 3.8) is 0 Å². The fraction of sp³-hybridized carbons (Fsp3) is 0.929. The van der Waals surface area contributed by atoms with Crippen molar-refractivity contribution in [3.8, 4) is 0 Å². The van der Waals surface area contributed by atoms with Gasteiger partial charge in [-0.15, -0.1) is 24.0 Å². The van der Waals surface area contributed by atoms with E-state index < -0.39 is 0 Å². The van der Waals surface area contributed by atoms with Crippen LogP contribution in [-0.2, 0) is 4.74 Å². The van der Waals surface area contributed by atoms with Gasteiger partial charge in [-0.05, 0) is 31.6 Å². The third-order valence-electron chi connectivity index (χ3n) is 4.22. The summed E-state index contributed by atoms with van der Waals surface area (Å²) >= 11 is 0. The maximum atomic E-state index is 5.35. The zero-order valence-corrected chi connectivity index (χ0v) is 14.6. The van der Waals surface area contributed by atoms with Crippen LogP contribution in [0.25, 0.3) is 0 Å². The number of fused-ring (bicyclic) bond motifs is 1. The lowest BCUT2D eigenvalue weighted by molar-refractivity contribution is 0.152. The highest BCUT2D eigenvalue weighted by atomic mass is 127. The van der Waals surface area contributed by atoms with Crippen LogP contribution in [0, 0.1) is 11.8 Å². The van der Waals surface area contributed by atoms with Crippen LogP contribution in [0.15, 0.2) is 4.99 Å². The Kier molecular flexibility index (Phi) is 8.06. The van der Waals surface area contributed by atoms with E-state index in [1.165, 1.54) is 38.8 Å². The average Bonchev–Trinajstić information content (AvgIpc) is 2.82. The summed E-state index contributed by atoms with van der Waals surface area (Å²) < 4.78 is 5.35. The molecule has 2 fully saturated rings. The molecule has 0 aromatic rings. The quantitative estimate of drug-likeness (QED) is 0.352. The molecule has 0 aromatic carbocycles. The third-order valence-corrected chi connectivity index (χ3v) is 4.22. The maximum absolute atomic E-state index is 5.35. The van der Waals surface area contributed by atoms with E-state index in [0.717, 1.165) is 37.6 Å². The molecule has 0 aromatic heterocycles. The Bertz CT molecular complexity index is 272. The van der Waals surface area contributed by atoms with E-state index in [4.69, 9.17) is 4.74 Å². The molecule has 1 N–H and O–H groups in total. The molecule has 1 aliphatic heterocycles. The number of hydrogen-bond donors (Lipinski definition) is 1. The van der Waals surface area contributed by atoms with Crippen LogP contribution in [0.2, 0.25) is 0 Å². The highest BCUT2D eigenvalue weighted by molar-refractivity contribution is 14.0. The minimum atomic E-state index is 0. The Morgan fingerprint density at radius 3 is 2.42 bits per heavy atom. The van der Waals surface area contributed by atoms with Crippen molar-refractivity contribution in [3.05, 3.63) is 0 Å². The number of hydrogen-bond acceptors (Lipinski definition) is 2. The lowest BCUT2D eigenvalue weighted by atomic mass is 9.82. The standard InChI is InChI=1S/C14H27N3O.HI/c1-3-18-9-8-16-14(15-2)17-10-12-6-4-5-7-13(12)11-17;/h12-13H,3-11H2,1-2H3,(H,15,16);1H. The molecule has 0 amide bonds. The Labute approximate surface area is 134 Å². The Balaban J connectivity index is 0.00000180. The topological polar surface area (TPSA) is 36.9 Å². The van der Waals surface area contributed by atoms with Gasteiger partial charge < -0.3 is 15.0 Å². The number of nitrogens with zero attached hydrogens (tertiary/aromatic N) is 2. The van der Waals surface area contributed by atoms with Crippen LogP contribution in [0.3, 0.4) is 0 Å². The predicted molar refractivity (Wildman–Crippen MR) is 90.3 cm³/mol. The second-order valence-electron chi connectivity index (χ2n) is 5.38. The normalized spacial score (nSPS) is 26.8. The molecule has 1 saturated carbocycles. The molecule has 19 heavy (non-hydrogen) atoms. The minimum absolute atomic E-state index is 0. The van der Waals surface area contributed by atoms with Crippen LogP contribution in [0.4, 0.5) is 0 Å². The molecule has 4 nitrogen and oxygen atoms in total. The van der Waals surface area contributed by atoms with Gasteiger partial charge >= 0.3 is 0 Å². The molecule has 0 radical (unpaired) electrons. The van der Waals surface area contributed by atoms with Crippen LogP contribution in [0.5, 0.6) is 0 Å². The number of halogens is 1. The van der Waals surface area contributed by atoms with Gasteiger partial charge in [-0.25, -0.2) is 0 Å². The lowest BCUT2D eigenvalue weighted by Gasteiger charge is -2.22. The first-order chi connectivity index (χ1) is 8.85. The summed E-state index contributed by atoms with van der Waals surface area (Å²) in [6.07, 6.45) is 5.67. The zero-order chi connectivity index (χ0) is 12.8. The average molecular weight is 381 g/mol. The van der Waals surface area contributed by atoms with Gasteiger partial charge in [0.2, 0.25) is 0 Å². The molecule has 2 rings (SSSR count). The number of likely N-dealkylation sites (tertiary alicyclic amines) is 1. The van der Waals surface area contributed by atoms with E-state index in [9.17, 15) is 0 Å². The van der Waals surface area contributed by atoms with Crippen LogP contribution < -0.4 is 5.32 Å². The molecule has 112 valence electrons. The van der Waals surface area contributed by atoms with Gasteiger partial charge in [0.25, 0.3) is 0 Å². The third kappa shape index (κ3) is 4.77. The summed E-state index contributed by atoms with van der Waals surface area (Å²) in [5.74, 6) is 2.87. The molecule has 0 spiro atoms. The molecule has 2 unspecified atom stereocenters. The van der Waals surface area contributed by atoms with Crippen molar-refractivity contribution in [2.24, 2.45) is 16.8 Å². The van der Waals surface area contributed by atoms with Crippen molar-refractivity contribution in [1.82, 2.24) is 10.2 Å². The first-order valence-electron chi connectivity index (χ1n) is 7.38. The Hall–Kier alpha value is -0.0400. The summed E-state index contributed by atoms with van der Waals surface area (Å²) in [6.45, 7) is 6.81. The zero-order valence-electron chi connectivity index (χ0n) is 12.2. The largest absolute Gasteiger partial charge is 0.380 e. The fourth-order valence-electron chi connectivity index (χ4n) is 3.29. The molecular formula is C14H28IN3O. The summed E-state index contributed by atoms with van der Waals surface area (Å²) in [4.78, 5) is 6.84. The molecular weight excluding hydrogens is 353 g/mol. The van der Waals surface area contributed by atoms with Crippen molar-refractivity contribution >= 4 is 29.9 Å². The minimum Gasteiger partial charge on any atom is -0.380 e. The maximum Gasteiger partial charge on any atom is 0.193 e. The molecule has 1 aliphatic carbocycles. The van der Waals surface area contributed by atoms with Gasteiger partial charge in [-0.3, -0.25) is 4.99 Å². The van der Waals surface area contributed by atoms with Gasteiger partial charge in [0.15, 0.2) is 5.96 Å². The molecule has 2 atom stereocenters. The Morgan fingerprint density at radius 1 is 1.26 bits per heavy atom. The summed E-state index contributed by atoms with van der Waals surface area (Å²) in [5.41, 5.74) is 0. The number of ether oxygens (including phenoxy) is 1. The van der Waals surface area contributed by atoms with Gasteiger partial charge in [0.1, 0.15) is 0 Å². The second-order valence-corrected chi connectivity index (χ2v) is 5.38. The van der Waals surface area contributed by atoms with Crippen molar-refractivity contribution in [1.29, 1.82) is 0 Å². The van der Waals surface area contributed by atoms with Gasteiger partial charge in [0, 0.05) is 33.3 Å². The van der Waals surface area contributed by atoms with E-state index in [1.807, 2.05) is 14.0 Å². The number of aliphatic imine (C=N–C) groups is 1. The van der Waals surface area contributed by atoms with E-state index in [1.54, 1.807) is 0 Å². The molecule has 1 saturated heterocycles. The summed E-state index contributed by atoms with van der Waals surface area (Å²) in [6, 6.07) is 0. The van der Waals surface area contributed by atoms with E-state index in [-0.39, 0.29) is 24.0 Å². The predicted octanol–water partition coefficient (Wildman–Crippen LogP) is 2.34. The van der Waals surface area contributed by atoms with Gasteiger partial charge in [-0.2, -0.15) is 0 Å². The van der Waals surface area contributed by atoms with Gasteiger partial charge in [-0.1, -0.05) is 12.8 Å². The van der Waals surface area contributed by atoms with E-state index in [0.29, 0.717) is 0 Å². The van der Waals surface area contributed by atoms with Crippen LogP contribution in [-0.4, -0.2) is 50.8 Å². The number of guanidine groups is 1. The second kappa shape index (κ2) is 9.00. The summed E-state index contributed by atoms with van der Waals surface area (Å²) in [5, 5.41) is 3.41. The summed E-state index contributed by atoms with van der Waals surface area (Å²) in [7, 11) is 1.88. The van der Waals surface area contributed by atoms with Crippen molar-refractivity contribution in [2.45, 2.75) is 32.6 Å². The fourth-order valence-corrected chi connectivity index (χ4v) is 3.29. The smallest absolute Gasteiger partial charge is 0.193 e. The first kappa shape index (κ1) is 17.0. The van der Waals surface area contributed by atoms with Gasteiger partial charge in [0.05, 0.1) is 6.61 Å². The van der Waals surface area contributed by atoms with E-state index in [2.05, 4.69) is 15.2 Å². The Morgan fingerprint density at radius 2 is 1.89 bits per heavy atom. The number of nitrogens with one attached hydrogen (secondary N) is 1. The lowest BCUT2D eigenvalue weighted by Crippen LogP contribution is -2.41. The first-order valence-corrected chi connectivity index (χ1v) is 7.38. The van der Waals surface area contributed by atoms with E-state index >= 15 is 0 Å². The van der Waals surface area contributed by atoms with Crippen molar-refractivity contribution in [2.75, 3.05) is 39.9 Å². The monoisotopic (exact) mass is 381 g/mol. The number of rotatable bonds is 4. The van der Waals surface area contributed by atoms with Crippen molar-refractivity contribution < 1.29 is 4.74 Å².